The minimum atomic E-state index is -0.101. The maximum atomic E-state index is 11.7. The normalized spacial score (nSPS) is 10.7. The Labute approximate surface area is 128 Å². The Hall–Kier alpha value is -2.31. The highest BCUT2D eigenvalue weighted by atomic mass is 16.3. The van der Waals surface area contributed by atoms with Gasteiger partial charge in [0.25, 0.3) is 0 Å². The second kappa shape index (κ2) is 7.11. The predicted octanol–water partition coefficient (Wildman–Crippen LogP) is 1.52. The molecule has 2 aromatic rings. The standard InChI is InChI=1S/C16H20N2O4/c1-11(21)13-4-9-22-16(13)14-10-12(2-3-15(14)17)18(5-7-19)6-8-20/h2-4,9-10,19-20H,5-8,17H2,1H3. The lowest BCUT2D eigenvalue weighted by molar-refractivity contribution is 0.101. The largest absolute Gasteiger partial charge is 0.463 e. The predicted molar refractivity (Wildman–Crippen MR) is 84.9 cm³/mol. The monoisotopic (exact) mass is 304 g/mol. The second-order valence-corrected chi connectivity index (χ2v) is 4.93. The zero-order valence-electron chi connectivity index (χ0n) is 12.5. The molecule has 0 saturated heterocycles. The SMILES string of the molecule is CC(=O)c1ccoc1-c1cc(N(CCO)CCO)ccc1N. The molecule has 1 heterocycles. The highest BCUT2D eigenvalue weighted by Gasteiger charge is 2.17. The van der Waals surface area contributed by atoms with E-state index < -0.39 is 0 Å². The first-order chi connectivity index (χ1) is 10.6. The average molecular weight is 304 g/mol. The van der Waals surface area contributed by atoms with Crippen molar-refractivity contribution in [2.24, 2.45) is 0 Å². The first kappa shape index (κ1) is 16.1. The van der Waals surface area contributed by atoms with E-state index in [4.69, 9.17) is 20.4 Å². The molecular weight excluding hydrogens is 284 g/mol. The van der Waals surface area contributed by atoms with Crippen LogP contribution < -0.4 is 10.6 Å². The van der Waals surface area contributed by atoms with Gasteiger partial charge in [0.2, 0.25) is 0 Å². The fraction of sp³-hybridized carbons (Fsp3) is 0.312. The van der Waals surface area contributed by atoms with Crippen LogP contribution in [-0.2, 0) is 0 Å². The lowest BCUT2D eigenvalue weighted by Crippen LogP contribution is -2.29. The first-order valence-electron chi connectivity index (χ1n) is 7.03. The van der Waals surface area contributed by atoms with Crippen molar-refractivity contribution in [3.63, 3.8) is 0 Å². The van der Waals surface area contributed by atoms with Gasteiger partial charge in [-0.05, 0) is 31.2 Å². The summed E-state index contributed by atoms with van der Waals surface area (Å²) in [5.74, 6) is 0.330. The van der Waals surface area contributed by atoms with Crippen LogP contribution in [0.1, 0.15) is 17.3 Å². The van der Waals surface area contributed by atoms with Gasteiger partial charge < -0.3 is 25.3 Å². The molecule has 1 aromatic heterocycles. The van der Waals surface area contributed by atoms with Gasteiger partial charge in [0.05, 0.1) is 25.0 Å². The lowest BCUT2D eigenvalue weighted by Gasteiger charge is -2.23. The van der Waals surface area contributed by atoms with Crippen molar-refractivity contribution in [2.45, 2.75) is 6.92 Å². The number of ketones is 1. The number of furan rings is 1. The van der Waals surface area contributed by atoms with E-state index in [-0.39, 0.29) is 19.0 Å². The number of carbonyl (C=O) groups excluding carboxylic acids is 1. The minimum absolute atomic E-state index is 0.0286. The molecule has 0 unspecified atom stereocenters. The van der Waals surface area contributed by atoms with Gasteiger partial charge in [-0.25, -0.2) is 0 Å². The number of aliphatic hydroxyl groups excluding tert-OH is 2. The number of Topliss-reactive ketones (excluding diaryl/α,β-unsaturated/α-hetero) is 1. The van der Waals surface area contributed by atoms with Gasteiger partial charge in [-0.15, -0.1) is 0 Å². The maximum absolute atomic E-state index is 11.7. The Morgan fingerprint density at radius 1 is 1.23 bits per heavy atom. The van der Waals surface area contributed by atoms with Gasteiger partial charge in [-0.3, -0.25) is 4.79 Å². The number of anilines is 2. The van der Waals surface area contributed by atoms with Crippen LogP contribution in [0.2, 0.25) is 0 Å². The number of hydrogen-bond donors (Lipinski definition) is 3. The van der Waals surface area contributed by atoms with Crippen LogP contribution in [0.5, 0.6) is 0 Å². The van der Waals surface area contributed by atoms with E-state index in [1.165, 1.54) is 13.2 Å². The molecule has 4 N–H and O–H groups in total. The number of nitrogens with zero attached hydrogens (tertiary/aromatic N) is 1. The molecule has 0 spiro atoms. The van der Waals surface area contributed by atoms with Crippen molar-refractivity contribution in [1.82, 2.24) is 0 Å². The molecule has 22 heavy (non-hydrogen) atoms. The van der Waals surface area contributed by atoms with Crippen molar-refractivity contribution in [3.05, 3.63) is 36.1 Å². The Morgan fingerprint density at radius 2 is 1.91 bits per heavy atom. The Bertz CT molecular complexity index is 645. The molecule has 0 aliphatic carbocycles. The third-order valence-corrected chi connectivity index (χ3v) is 3.43. The van der Waals surface area contributed by atoms with E-state index in [1.54, 1.807) is 24.3 Å². The highest BCUT2D eigenvalue weighted by Crippen LogP contribution is 2.33. The molecular formula is C16H20N2O4. The third-order valence-electron chi connectivity index (χ3n) is 3.43. The fourth-order valence-electron chi connectivity index (χ4n) is 2.34. The number of carbonyl (C=O) groups is 1. The highest BCUT2D eigenvalue weighted by molar-refractivity contribution is 6.01. The molecule has 0 aliphatic heterocycles. The van der Waals surface area contributed by atoms with Crippen molar-refractivity contribution >= 4 is 17.2 Å². The first-order valence-corrected chi connectivity index (χ1v) is 7.03. The van der Waals surface area contributed by atoms with E-state index in [1.807, 2.05) is 4.90 Å². The molecule has 0 amide bonds. The van der Waals surface area contributed by atoms with Crippen molar-refractivity contribution in [1.29, 1.82) is 0 Å². The van der Waals surface area contributed by atoms with Gasteiger partial charge in [-0.1, -0.05) is 0 Å². The Kier molecular flexibility index (Phi) is 5.19. The second-order valence-electron chi connectivity index (χ2n) is 4.93. The zero-order valence-corrected chi connectivity index (χ0v) is 12.5. The molecule has 6 heteroatoms. The van der Waals surface area contributed by atoms with E-state index in [0.29, 0.717) is 35.7 Å². The number of nitrogen functional groups attached to an aromatic ring is 1. The van der Waals surface area contributed by atoms with E-state index >= 15 is 0 Å². The number of nitrogens with two attached hydrogens (primary N) is 1. The topological polar surface area (TPSA) is 99.9 Å². The summed E-state index contributed by atoms with van der Waals surface area (Å²) in [6, 6.07) is 6.94. The van der Waals surface area contributed by atoms with E-state index in [2.05, 4.69) is 0 Å². The minimum Gasteiger partial charge on any atom is -0.463 e. The molecule has 0 aliphatic rings. The third kappa shape index (κ3) is 3.29. The Morgan fingerprint density at radius 3 is 2.50 bits per heavy atom. The summed E-state index contributed by atoms with van der Waals surface area (Å²) >= 11 is 0. The van der Waals surface area contributed by atoms with Gasteiger partial charge >= 0.3 is 0 Å². The van der Waals surface area contributed by atoms with Gasteiger partial charge in [-0.2, -0.15) is 0 Å². The van der Waals surface area contributed by atoms with Crippen molar-refractivity contribution < 1.29 is 19.4 Å². The van der Waals surface area contributed by atoms with Crippen LogP contribution >= 0.6 is 0 Å². The molecule has 0 radical (unpaired) electrons. The molecule has 0 saturated carbocycles. The lowest BCUT2D eigenvalue weighted by atomic mass is 10.0. The van der Waals surface area contributed by atoms with Crippen LogP contribution in [0.4, 0.5) is 11.4 Å². The summed E-state index contributed by atoms with van der Waals surface area (Å²) in [5, 5.41) is 18.3. The van der Waals surface area contributed by atoms with Gasteiger partial charge in [0, 0.05) is 30.0 Å². The number of hydrogen-bond acceptors (Lipinski definition) is 6. The Balaban J connectivity index is 2.46. The summed E-state index contributed by atoms with van der Waals surface area (Å²) in [5.41, 5.74) is 8.38. The number of benzene rings is 1. The number of rotatable bonds is 7. The van der Waals surface area contributed by atoms with Crippen LogP contribution in [0, 0.1) is 0 Å². The van der Waals surface area contributed by atoms with E-state index in [9.17, 15) is 4.79 Å². The molecule has 6 nitrogen and oxygen atoms in total. The van der Waals surface area contributed by atoms with E-state index in [0.717, 1.165) is 5.69 Å². The maximum Gasteiger partial charge on any atom is 0.163 e. The van der Waals surface area contributed by atoms with Crippen LogP contribution in [0.15, 0.2) is 34.9 Å². The molecule has 1 aromatic carbocycles. The summed E-state index contributed by atoms with van der Waals surface area (Å²) in [6.45, 7) is 2.19. The van der Waals surface area contributed by atoms with Gasteiger partial charge in [0.15, 0.2) is 5.78 Å². The van der Waals surface area contributed by atoms with Crippen molar-refractivity contribution in [2.75, 3.05) is 36.9 Å². The summed E-state index contributed by atoms with van der Waals surface area (Å²) < 4.78 is 5.43. The fourth-order valence-corrected chi connectivity index (χ4v) is 2.34. The van der Waals surface area contributed by atoms with Crippen LogP contribution in [-0.4, -0.2) is 42.3 Å². The summed E-state index contributed by atoms with van der Waals surface area (Å²) in [6.07, 6.45) is 1.46. The summed E-state index contributed by atoms with van der Waals surface area (Å²) in [7, 11) is 0. The number of aliphatic hydroxyl groups is 2. The molecule has 118 valence electrons. The zero-order chi connectivity index (χ0) is 16.1. The van der Waals surface area contributed by atoms with Crippen LogP contribution in [0.3, 0.4) is 0 Å². The van der Waals surface area contributed by atoms with Crippen molar-refractivity contribution in [3.8, 4) is 11.3 Å². The van der Waals surface area contributed by atoms with Gasteiger partial charge in [0.1, 0.15) is 5.76 Å². The molecule has 0 atom stereocenters. The molecule has 0 bridgehead atoms. The average Bonchev–Trinajstić information content (AvgIpc) is 2.97. The van der Waals surface area contributed by atoms with Crippen LogP contribution in [0.25, 0.3) is 11.3 Å². The summed E-state index contributed by atoms with van der Waals surface area (Å²) in [4.78, 5) is 13.5. The molecule has 0 fully saturated rings. The molecule has 2 rings (SSSR count). The smallest absolute Gasteiger partial charge is 0.163 e. The quantitative estimate of drug-likeness (QED) is 0.530.